The molecule has 1 atom stereocenters. The zero-order chi connectivity index (χ0) is 31.9. The van der Waals surface area contributed by atoms with Gasteiger partial charge in [0.25, 0.3) is 0 Å². The summed E-state index contributed by atoms with van der Waals surface area (Å²) in [7, 11) is 0. The van der Waals surface area contributed by atoms with E-state index in [1.807, 2.05) is 17.4 Å². The third kappa shape index (κ3) is 4.08. The van der Waals surface area contributed by atoms with Crippen LogP contribution in [-0.2, 0) is 18.3 Å². The third-order valence-electron chi connectivity index (χ3n) is 10.8. The molecule has 5 aromatic rings. The fourth-order valence-corrected chi connectivity index (χ4v) is 9.91. The van der Waals surface area contributed by atoms with Gasteiger partial charge in [0.15, 0.2) is 0 Å². The minimum absolute atomic E-state index is 0.0823. The molecule has 0 N–H and O–H groups in total. The van der Waals surface area contributed by atoms with Crippen molar-refractivity contribution in [2.24, 2.45) is 0 Å². The molecule has 0 saturated heterocycles. The normalized spacial score (nSPS) is 20.1. The molecule has 3 aromatic carbocycles. The molecule has 0 saturated carbocycles. The summed E-state index contributed by atoms with van der Waals surface area (Å²) < 4.78 is 5.11. The summed E-state index contributed by atoms with van der Waals surface area (Å²) in [5.74, 6) is 0.328. The molecule has 1 unspecified atom stereocenters. The lowest BCUT2D eigenvalue weighted by Crippen LogP contribution is -2.20. The lowest BCUT2D eigenvalue weighted by Gasteiger charge is -2.28. The van der Waals surface area contributed by atoms with E-state index < -0.39 is 0 Å². The van der Waals surface area contributed by atoms with E-state index in [0.29, 0.717) is 11.5 Å². The first kappa shape index (κ1) is 28.1. The van der Waals surface area contributed by atoms with Gasteiger partial charge in [0, 0.05) is 70.7 Å². The van der Waals surface area contributed by atoms with Crippen molar-refractivity contribution in [1.29, 1.82) is 10.5 Å². The Labute approximate surface area is 279 Å². The van der Waals surface area contributed by atoms with Crippen LogP contribution < -0.4 is 0 Å². The van der Waals surface area contributed by atoms with Crippen LogP contribution in [0.25, 0.3) is 49.1 Å². The summed E-state index contributed by atoms with van der Waals surface area (Å²) >= 11 is 1.93. The van der Waals surface area contributed by atoms with Crippen molar-refractivity contribution in [3.63, 3.8) is 0 Å². The van der Waals surface area contributed by atoms with Crippen molar-refractivity contribution in [3.8, 4) is 29.0 Å². The first-order valence-corrected chi connectivity index (χ1v) is 17.4. The van der Waals surface area contributed by atoms with Crippen molar-refractivity contribution in [2.45, 2.75) is 57.3 Å². The molecule has 0 radical (unpaired) electrons. The molecule has 9 rings (SSSR count). The molecule has 2 heterocycles. The summed E-state index contributed by atoms with van der Waals surface area (Å²) in [5.41, 5.74) is 14.0. The van der Waals surface area contributed by atoms with Crippen LogP contribution in [0.4, 0.5) is 0 Å². The molecule has 226 valence electrons. The molecular weight excluding hydrogens is 591 g/mol. The number of fused-ring (bicyclic) bond motifs is 11. The summed E-state index contributed by atoms with van der Waals surface area (Å²) in [4.78, 5) is 0. The van der Waals surface area contributed by atoms with Gasteiger partial charge in [-0.25, -0.2) is 0 Å². The third-order valence-corrected chi connectivity index (χ3v) is 12.1. The molecule has 4 aliphatic rings. The van der Waals surface area contributed by atoms with Gasteiger partial charge in [0.2, 0.25) is 0 Å². The van der Waals surface area contributed by atoms with E-state index >= 15 is 0 Å². The van der Waals surface area contributed by atoms with E-state index in [1.54, 1.807) is 0 Å². The second-order valence-electron chi connectivity index (χ2n) is 13.7. The number of hydrogen-bond acceptors (Lipinski definition) is 3. The van der Waals surface area contributed by atoms with Gasteiger partial charge in [-0.15, -0.1) is 11.3 Å². The van der Waals surface area contributed by atoms with Crippen LogP contribution in [0.2, 0.25) is 0 Å². The van der Waals surface area contributed by atoms with Crippen molar-refractivity contribution < 1.29 is 0 Å². The first-order chi connectivity index (χ1) is 23.0. The average molecular weight is 624 g/mol. The maximum absolute atomic E-state index is 10.1. The number of hydrogen-bond donors (Lipinski definition) is 0. The zero-order valence-electron chi connectivity index (χ0n) is 26.6. The number of benzene rings is 3. The number of rotatable bonds is 2. The predicted octanol–water partition coefficient (Wildman–Crippen LogP) is 11.0. The lowest BCUT2D eigenvalue weighted by atomic mass is 9.75. The van der Waals surface area contributed by atoms with E-state index in [9.17, 15) is 10.5 Å². The van der Waals surface area contributed by atoms with Gasteiger partial charge in [0.05, 0.1) is 23.4 Å². The Kier molecular flexibility index (Phi) is 6.23. The van der Waals surface area contributed by atoms with Crippen molar-refractivity contribution in [2.75, 3.05) is 0 Å². The van der Waals surface area contributed by atoms with E-state index in [0.717, 1.165) is 54.5 Å². The molecule has 2 aromatic heterocycles. The monoisotopic (exact) mass is 623 g/mol. The summed E-state index contributed by atoms with van der Waals surface area (Å²) in [6, 6.07) is 22.5. The number of thiophene rings is 1. The fourth-order valence-electron chi connectivity index (χ4n) is 8.47. The van der Waals surface area contributed by atoms with Gasteiger partial charge < -0.3 is 4.57 Å². The predicted molar refractivity (Wildman–Crippen MR) is 195 cm³/mol. The van der Waals surface area contributed by atoms with E-state index in [2.05, 4.69) is 122 Å². The molecule has 0 spiro atoms. The molecule has 4 aliphatic carbocycles. The van der Waals surface area contributed by atoms with Crippen LogP contribution in [0.3, 0.4) is 0 Å². The summed E-state index contributed by atoms with van der Waals surface area (Å²) in [5, 5.41) is 22.4. The van der Waals surface area contributed by atoms with Crippen LogP contribution in [0.5, 0.6) is 0 Å². The van der Waals surface area contributed by atoms with Gasteiger partial charge in [-0.3, -0.25) is 0 Å². The highest BCUT2D eigenvalue weighted by molar-refractivity contribution is 7.26. The van der Waals surface area contributed by atoms with Gasteiger partial charge in [0.1, 0.15) is 0 Å². The quantitative estimate of drug-likeness (QED) is 0.196. The van der Waals surface area contributed by atoms with Crippen molar-refractivity contribution >= 4 is 43.7 Å². The highest BCUT2D eigenvalue weighted by Gasteiger charge is 2.34. The maximum atomic E-state index is 10.1. The number of aromatic nitrogens is 1. The summed E-state index contributed by atoms with van der Waals surface area (Å²) in [6.07, 6.45) is 22.6. The molecule has 3 nitrogen and oxygen atoms in total. The van der Waals surface area contributed by atoms with Crippen LogP contribution in [0.1, 0.15) is 78.2 Å². The lowest BCUT2D eigenvalue weighted by molar-refractivity contribution is 0.637. The standard InChI is InChI=1S/C43H33N3S/c1-43(2)29-9-4-3-8-28(16-17-29)40-36(43)20-19-34-33-12-7-11-32(41(33)47-42(34)40)31-18-14-27(25-45)23-39(31)46-37-13-6-5-10-30(37)35-22-26(24-44)15-21-38(35)46/h3-5,7-12,14,17-20,22-23,28H,6,13,15-16,21H2,1-2H3/b8-3-,9-4-. The molecule has 0 fully saturated rings. The van der Waals surface area contributed by atoms with E-state index in [-0.39, 0.29) is 5.41 Å². The second-order valence-corrected chi connectivity index (χ2v) is 14.7. The van der Waals surface area contributed by atoms with Crippen LogP contribution in [-0.4, -0.2) is 4.57 Å². The summed E-state index contributed by atoms with van der Waals surface area (Å²) in [6.45, 7) is 4.73. The Morgan fingerprint density at radius 1 is 0.851 bits per heavy atom. The van der Waals surface area contributed by atoms with Gasteiger partial charge in [-0.05, 0) is 67.0 Å². The molecular formula is C43H33N3S. The van der Waals surface area contributed by atoms with Crippen molar-refractivity contribution in [1.82, 2.24) is 4.57 Å². The first-order valence-electron chi connectivity index (χ1n) is 16.6. The Morgan fingerprint density at radius 3 is 2.60 bits per heavy atom. The molecule has 0 aliphatic heterocycles. The fraction of sp³-hybridized carbons (Fsp3) is 0.209. The topological polar surface area (TPSA) is 52.5 Å². The Morgan fingerprint density at radius 2 is 1.72 bits per heavy atom. The van der Waals surface area contributed by atoms with Gasteiger partial charge >= 0.3 is 0 Å². The van der Waals surface area contributed by atoms with Crippen LogP contribution in [0, 0.1) is 22.7 Å². The smallest absolute Gasteiger partial charge is 0.0992 e. The van der Waals surface area contributed by atoms with E-state index in [1.165, 1.54) is 59.4 Å². The Hall–Kier alpha value is -5.16. The average Bonchev–Trinajstić information content (AvgIpc) is 3.61. The number of allylic oxidation sites excluding steroid dienone is 8. The number of nitrogens with zero attached hydrogens (tertiary/aromatic N) is 3. The highest BCUT2D eigenvalue weighted by atomic mass is 32.1. The molecule has 0 amide bonds. The van der Waals surface area contributed by atoms with Crippen LogP contribution >= 0.6 is 11.3 Å². The SMILES string of the molecule is CC1(C)C2=CCC(/C=C\C=C/2)c2c1ccc1c2sc2c(-c3ccc(C#N)cc3-n3c4c(c5c3CCC(C#N)=C5)C=CCC4)cccc21. The maximum Gasteiger partial charge on any atom is 0.0992 e. The largest absolute Gasteiger partial charge is 0.316 e. The minimum Gasteiger partial charge on any atom is -0.316 e. The van der Waals surface area contributed by atoms with Crippen LogP contribution in [0.15, 0.2) is 96.1 Å². The Balaban J connectivity index is 1.32. The van der Waals surface area contributed by atoms with Crippen molar-refractivity contribution in [3.05, 3.63) is 135 Å². The Bertz CT molecular complexity index is 2440. The highest BCUT2D eigenvalue weighted by Crippen LogP contribution is 2.51. The molecule has 4 heteroatoms. The van der Waals surface area contributed by atoms with Gasteiger partial charge in [-0.2, -0.15) is 10.5 Å². The molecule has 2 bridgehead atoms. The van der Waals surface area contributed by atoms with E-state index in [4.69, 9.17) is 0 Å². The minimum atomic E-state index is -0.0823. The van der Waals surface area contributed by atoms with Gasteiger partial charge in [-0.1, -0.05) is 92.8 Å². The second kappa shape index (κ2) is 10.4. The molecule has 47 heavy (non-hydrogen) atoms. The number of nitriles is 2. The zero-order valence-corrected chi connectivity index (χ0v) is 27.4.